The zero-order valence-electron chi connectivity index (χ0n) is 17.6. The molecule has 0 unspecified atom stereocenters. The molecule has 33 heavy (non-hydrogen) atoms. The van der Waals surface area contributed by atoms with Crippen LogP contribution in [-0.4, -0.2) is 15.7 Å². The Bertz CT molecular complexity index is 1320. The van der Waals surface area contributed by atoms with E-state index in [2.05, 4.69) is 16.5 Å². The van der Waals surface area contributed by atoms with E-state index in [1.165, 1.54) is 18.2 Å². The predicted molar refractivity (Wildman–Crippen MR) is 120 cm³/mol. The molecule has 0 spiro atoms. The first-order valence-electron chi connectivity index (χ1n) is 10.4. The van der Waals surface area contributed by atoms with E-state index in [1.807, 2.05) is 6.07 Å². The topological polar surface area (TPSA) is 70.7 Å². The molecule has 5 nitrogen and oxygen atoms in total. The van der Waals surface area contributed by atoms with Crippen LogP contribution in [0.5, 0.6) is 0 Å². The van der Waals surface area contributed by atoms with Crippen molar-refractivity contribution < 1.29 is 13.6 Å². The number of benzene rings is 3. The van der Waals surface area contributed by atoms with Crippen molar-refractivity contribution >= 4 is 5.91 Å². The molecule has 0 aliphatic carbocycles. The first-order valence-corrected chi connectivity index (χ1v) is 10.4. The molecule has 4 aromatic rings. The Morgan fingerprint density at radius 1 is 1.00 bits per heavy atom. The fourth-order valence-corrected chi connectivity index (χ4v) is 3.45. The van der Waals surface area contributed by atoms with Crippen molar-refractivity contribution in [2.45, 2.75) is 19.4 Å². The summed E-state index contributed by atoms with van der Waals surface area (Å²) in [7, 11) is 0. The summed E-state index contributed by atoms with van der Waals surface area (Å²) < 4.78 is 29.3. The molecule has 0 radical (unpaired) electrons. The fourth-order valence-electron chi connectivity index (χ4n) is 3.45. The molecule has 0 saturated carbocycles. The number of nitriles is 1. The minimum absolute atomic E-state index is 0.111. The number of halogens is 2. The summed E-state index contributed by atoms with van der Waals surface area (Å²) in [6.45, 7) is 0.111. The van der Waals surface area contributed by atoms with Gasteiger partial charge in [0.05, 0.1) is 28.7 Å². The van der Waals surface area contributed by atoms with Crippen LogP contribution in [0, 0.1) is 23.0 Å². The molecule has 1 N–H and O–H groups in total. The van der Waals surface area contributed by atoms with Crippen LogP contribution in [0.3, 0.4) is 0 Å². The van der Waals surface area contributed by atoms with Crippen LogP contribution in [0.25, 0.3) is 16.9 Å². The molecule has 0 aliphatic heterocycles. The second-order valence-electron chi connectivity index (χ2n) is 7.47. The van der Waals surface area contributed by atoms with E-state index in [4.69, 9.17) is 5.26 Å². The number of aryl methyl sites for hydroxylation is 1. The number of amides is 1. The third-order valence-corrected chi connectivity index (χ3v) is 5.16. The maximum Gasteiger partial charge on any atom is 0.220 e. The number of aromatic nitrogens is 2. The highest BCUT2D eigenvalue weighted by Crippen LogP contribution is 2.25. The van der Waals surface area contributed by atoms with E-state index in [-0.39, 0.29) is 30.5 Å². The molecule has 0 atom stereocenters. The monoisotopic (exact) mass is 442 g/mol. The maximum absolute atomic E-state index is 13.9. The molecule has 1 heterocycles. The Hall–Kier alpha value is -4.31. The first-order chi connectivity index (χ1) is 16.0. The van der Waals surface area contributed by atoms with Gasteiger partial charge in [-0.15, -0.1) is 0 Å². The lowest BCUT2D eigenvalue weighted by Gasteiger charge is -2.08. The lowest BCUT2D eigenvalue weighted by Crippen LogP contribution is -2.23. The molecule has 7 heteroatoms. The van der Waals surface area contributed by atoms with Crippen molar-refractivity contribution in [1.29, 1.82) is 5.26 Å². The molecule has 1 aromatic heterocycles. The van der Waals surface area contributed by atoms with Crippen molar-refractivity contribution in [2.75, 3.05) is 0 Å². The summed E-state index contributed by atoms with van der Waals surface area (Å²) in [6, 6.07) is 23.3. The summed E-state index contributed by atoms with van der Waals surface area (Å²) >= 11 is 0. The van der Waals surface area contributed by atoms with Crippen molar-refractivity contribution in [3.63, 3.8) is 0 Å². The van der Waals surface area contributed by atoms with Crippen molar-refractivity contribution in [3.8, 4) is 23.0 Å². The highest BCUT2D eigenvalue weighted by atomic mass is 19.1. The van der Waals surface area contributed by atoms with Gasteiger partial charge in [0.15, 0.2) is 0 Å². The van der Waals surface area contributed by atoms with Gasteiger partial charge in [0.25, 0.3) is 0 Å². The average molecular weight is 442 g/mol. The largest absolute Gasteiger partial charge is 0.352 e. The quantitative estimate of drug-likeness (QED) is 0.441. The summed E-state index contributed by atoms with van der Waals surface area (Å²) in [4.78, 5) is 12.3. The zero-order valence-corrected chi connectivity index (χ0v) is 17.6. The fraction of sp³-hybridized carbons (Fsp3) is 0.115. The van der Waals surface area contributed by atoms with Crippen LogP contribution in [0.1, 0.15) is 23.2 Å². The first kappa shape index (κ1) is 21.9. The second-order valence-corrected chi connectivity index (χ2v) is 7.47. The summed E-state index contributed by atoms with van der Waals surface area (Å²) in [6.07, 6.45) is 0.524. The Kier molecular flexibility index (Phi) is 6.56. The summed E-state index contributed by atoms with van der Waals surface area (Å²) in [5.41, 5.74) is 3.61. The molecule has 0 bridgehead atoms. The maximum atomic E-state index is 13.9. The Labute approximate surface area is 189 Å². The van der Waals surface area contributed by atoms with Gasteiger partial charge in [-0.2, -0.15) is 10.4 Å². The smallest absolute Gasteiger partial charge is 0.220 e. The van der Waals surface area contributed by atoms with E-state index in [0.717, 1.165) is 0 Å². The van der Waals surface area contributed by atoms with Gasteiger partial charge in [0.2, 0.25) is 5.91 Å². The SMILES string of the molecule is N#Cc1ccc(-n2nc(CCC(=O)NCc3ccccc3F)cc2-c2cccc(F)c2)cc1. The number of rotatable bonds is 7. The van der Waals surface area contributed by atoms with Gasteiger partial charge in [-0.25, -0.2) is 13.5 Å². The Morgan fingerprint density at radius 2 is 1.79 bits per heavy atom. The van der Waals surface area contributed by atoms with Crippen LogP contribution in [0.15, 0.2) is 78.9 Å². The van der Waals surface area contributed by atoms with E-state index >= 15 is 0 Å². The molecule has 0 aliphatic rings. The normalized spacial score (nSPS) is 10.6. The van der Waals surface area contributed by atoms with Gasteiger partial charge in [0.1, 0.15) is 11.6 Å². The van der Waals surface area contributed by atoms with Gasteiger partial charge in [-0.1, -0.05) is 30.3 Å². The lowest BCUT2D eigenvalue weighted by molar-refractivity contribution is -0.121. The number of carbonyl (C=O) groups is 1. The summed E-state index contributed by atoms with van der Waals surface area (Å²) in [5, 5.41) is 16.4. The number of nitrogens with one attached hydrogen (secondary N) is 1. The molecule has 164 valence electrons. The molecule has 0 saturated heterocycles. The number of nitrogens with zero attached hydrogens (tertiary/aromatic N) is 3. The van der Waals surface area contributed by atoms with E-state index in [1.54, 1.807) is 59.3 Å². The highest BCUT2D eigenvalue weighted by molar-refractivity contribution is 5.76. The highest BCUT2D eigenvalue weighted by Gasteiger charge is 2.14. The Morgan fingerprint density at radius 3 is 2.52 bits per heavy atom. The molecular formula is C26H20F2N4O. The number of hydrogen-bond acceptors (Lipinski definition) is 3. The molecule has 0 fully saturated rings. The second kappa shape index (κ2) is 9.88. The van der Waals surface area contributed by atoms with Crippen molar-refractivity contribution in [2.24, 2.45) is 0 Å². The van der Waals surface area contributed by atoms with Crippen LogP contribution < -0.4 is 5.32 Å². The molecular weight excluding hydrogens is 422 g/mol. The molecule has 1 amide bonds. The standard InChI is InChI=1S/C26H20F2N4O/c27-21-6-3-5-19(14-21)25-15-22(31-32(25)23-11-8-18(16-29)9-12-23)10-13-26(33)30-17-20-4-1-2-7-24(20)28/h1-9,11-12,14-15H,10,13,17H2,(H,30,33). The van der Waals surface area contributed by atoms with Gasteiger partial charge in [-0.05, 0) is 48.5 Å². The lowest BCUT2D eigenvalue weighted by atomic mass is 10.1. The minimum Gasteiger partial charge on any atom is -0.352 e. The van der Waals surface area contributed by atoms with Crippen LogP contribution in [0.4, 0.5) is 8.78 Å². The Balaban J connectivity index is 1.53. The van der Waals surface area contributed by atoms with Gasteiger partial charge < -0.3 is 5.32 Å². The minimum atomic E-state index is -0.367. The number of hydrogen-bond donors (Lipinski definition) is 1. The zero-order chi connectivity index (χ0) is 23.2. The van der Waals surface area contributed by atoms with Crippen LogP contribution >= 0.6 is 0 Å². The van der Waals surface area contributed by atoms with Crippen LogP contribution in [0.2, 0.25) is 0 Å². The number of carbonyl (C=O) groups excluding carboxylic acids is 1. The predicted octanol–water partition coefficient (Wildman–Crippen LogP) is 4.94. The third-order valence-electron chi connectivity index (χ3n) is 5.16. The molecule has 4 rings (SSSR count). The van der Waals surface area contributed by atoms with Crippen molar-refractivity contribution in [1.82, 2.24) is 15.1 Å². The van der Waals surface area contributed by atoms with E-state index in [0.29, 0.717) is 40.2 Å². The van der Waals surface area contributed by atoms with Gasteiger partial charge >= 0.3 is 0 Å². The van der Waals surface area contributed by atoms with Crippen molar-refractivity contribution in [3.05, 3.63) is 107 Å². The van der Waals surface area contributed by atoms with E-state index < -0.39 is 0 Å². The van der Waals surface area contributed by atoms with Gasteiger partial charge in [-0.3, -0.25) is 4.79 Å². The van der Waals surface area contributed by atoms with Gasteiger partial charge in [0, 0.05) is 30.5 Å². The molecule has 3 aromatic carbocycles. The third kappa shape index (κ3) is 5.31. The summed E-state index contributed by atoms with van der Waals surface area (Å²) in [5.74, 6) is -0.952. The van der Waals surface area contributed by atoms with Crippen LogP contribution in [-0.2, 0) is 17.8 Å². The van der Waals surface area contributed by atoms with E-state index in [9.17, 15) is 13.6 Å². The average Bonchev–Trinajstić information content (AvgIpc) is 3.27.